The minimum Gasteiger partial charge on any atom is -0.376 e. The van der Waals surface area contributed by atoms with E-state index in [-0.39, 0.29) is 17.0 Å². The Hall–Kier alpha value is -1.22. The number of nitrogens with two attached hydrogens (primary N) is 1. The fourth-order valence-corrected chi connectivity index (χ4v) is 3.84. The maximum atomic E-state index is 12.4. The van der Waals surface area contributed by atoms with Gasteiger partial charge in [-0.3, -0.25) is 0 Å². The first-order valence-corrected chi connectivity index (χ1v) is 8.15. The van der Waals surface area contributed by atoms with Crippen LogP contribution in [0.2, 0.25) is 0 Å². The highest BCUT2D eigenvalue weighted by atomic mass is 32.2. The highest BCUT2D eigenvalue weighted by Crippen LogP contribution is 2.39. The largest absolute Gasteiger partial charge is 0.376 e. The second-order valence-corrected chi connectivity index (χ2v) is 6.92. The maximum Gasteiger partial charge on any atom is 0.241 e. The van der Waals surface area contributed by atoms with Gasteiger partial charge in [0, 0.05) is 18.9 Å². The SMILES string of the molecule is NNc1cc(S(=O)(=O)NC2CCOC2C2CC2)ccn1. The highest BCUT2D eigenvalue weighted by molar-refractivity contribution is 7.89. The number of hydrazine groups is 1. The Labute approximate surface area is 117 Å². The molecule has 4 N–H and O–H groups in total. The molecule has 2 atom stereocenters. The molecule has 7 nitrogen and oxygen atoms in total. The van der Waals surface area contributed by atoms with E-state index in [0.29, 0.717) is 24.8 Å². The lowest BCUT2D eigenvalue weighted by Gasteiger charge is -2.19. The molecule has 1 saturated heterocycles. The number of nitrogen functional groups attached to an aromatic ring is 1. The van der Waals surface area contributed by atoms with Crippen LogP contribution in [-0.2, 0) is 14.8 Å². The predicted octanol–water partition coefficient (Wildman–Crippen LogP) is 0.213. The van der Waals surface area contributed by atoms with E-state index >= 15 is 0 Å². The van der Waals surface area contributed by atoms with Crippen molar-refractivity contribution in [1.29, 1.82) is 0 Å². The van der Waals surface area contributed by atoms with Crippen LogP contribution < -0.4 is 16.0 Å². The molecular formula is C12H18N4O3S. The van der Waals surface area contributed by atoms with Crippen LogP contribution in [0.1, 0.15) is 19.3 Å². The van der Waals surface area contributed by atoms with Crippen LogP contribution in [-0.4, -0.2) is 32.2 Å². The molecule has 2 unspecified atom stereocenters. The number of rotatable bonds is 5. The molecule has 3 rings (SSSR count). The van der Waals surface area contributed by atoms with Crippen LogP contribution in [0.4, 0.5) is 5.82 Å². The molecule has 8 heteroatoms. The molecule has 2 fully saturated rings. The summed E-state index contributed by atoms with van der Waals surface area (Å²) in [7, 11) is -3.58. The molecule has 1 saturated carbocycles. The van der Waals surface area contributed by atoms with Gasteiger partial charge in [0.1, 0.15) is 5.82 Å². The number of hydrogen-bond donors (Lipinski definition) is 3. The van der Waals surface area contributed by atoms with Crippen molar-refractivity contribution >= 4 is 15.8 Å². The lowest BCUT2D eigenvalue weighted by Crippen LogP contribution is -2.41. The Morgan fingerprint density at radius 2 is 2.15 bits per heavy atom. The molecule has 1 aliphatic carbocycles. The summed E-state index contributed by atoms with van der Waals surface area (Å²) < 4.78 is 33.2. The van der Waals surface area contributed by atoms with Crippen molar-refractivity contribution in [1.82, 2.24) is 9.71 Å². The van der Waals surface area contributed by atoms with E-state index in [4.69, 9.17) is 10.6 Å². The van der Waals surface area contributed by atoms with Gasteiger partial charge in [0.2, 0.25) is 10.0 Å². The van der Waals surface area contributed by atoms with E-state index in [9.17, 15) is 8.42 Å². The number of nitrogens with zero attached hydrogens (tertiary/aromatic N) is 1. The fourth-order valence-electron chi connectivity index (χ4n) is 2.55. The topological polar surface area (TPSA) is 106 Å². The number of pyridine rings is 1. The Balaban J connectivity index is 1.77. The van der Waals surface area contributed by atoms with Crippen LogP contribution in [0.5, 0.6) is 0 Å². The van der Waals surface area contributed by atoms with E-state index in [1.807, 2.05) is 0 Å². The van der Waals surface area contributed by atoms with Gasteiger partial charge in [-0.1, -0.05) is 0 Å². The Bertz CT molecular complexity index is 588. The van der Waals surface area contributed by atoms with Gasteiger partial charge >= 0.3 is 0 Å². The molecule has 0 aromatic carbocycles. The molecular weight excluding hydrogens is 280 g/mol. The Morgan fingerprint density at radius 1 is 1.35 bits per heavy atom. The third-order valence-corrected chi connectivity index (χ3v) is 5.21. The van der Waals surface area contributed by atoms with Crippen molar-refractivity contribution in [3.8, 4) is 0 Å². The molecule has 0 bridgehead atoms. The van der Waals surface area contributed by atoms with Gasteiger partial charge in [0.05, 0.1) is 17.0 Å². The summed E-state index contributed by atoms with van der Waals surface area (Å²) in [4.78, 5) is 4.06. The van der Waals surface area contributed by atoms with Crippen molar-refractivity contribution < 1.29 is 13.2 Å². The van der Waals surface area contributed by atoms with E-state index < -0.39 is 10.0 Å². The van der Waals surface area contributed by atoms with Crippen LogP contribution in [0.15, 0.2) is 23.2 Å². The minimum absolute atomic E-state index is 0.0127. The van der Waals surface area contributed by atoms with Gasteiger partial charge in [-0.05, 0) is 31.2 Å². The zero-order valence-corrected chi connectivity index (χ0v) is 11.8. The third-order valence-electron chi connectivity index (χ3n) is 3.72. The summed E-state index contributed by atoms with van der Waals surface area (Å²) in [6.45, 7) is 0.611. The lowest BCUT2D eigenvalue weighted by atomic mass is 10.1. The lowest BCUT2D eigenvalue weighted by molar-refractivity contribution is 0.0848. The van der Waals surface area contributed by atoms with Crippen molar-refractivity contribution in [3.63, 3.8) is 0 Å². The standard InChI is InChI=1S/C12H18N4O3S/c13-15-11-7-9(3-5-14-11)20(17,18)16-10-4-6-19-12(10)8-1-2-8/h3,5,7-8,10,12,16H,1-2,4,6,13H2,(H,14,15). The summed E-state index contributed by atoms with van der Waals surface area (Å²) in [6.07, 6.45) is 4.39. The zero-order chi connectivity index (χ0) is 14.2. The number of anilines is 1. The monoisotopic (exact) mass is 298 g/mol. The Morgan fingerprint density at radius 3 is 2.85 bits per heavy atom. The first kappa shape index (κ1) is 13.7. The van der Waals surface area contributed by atoms with E-state index in [1.165, 1.54) is 18.3 Å². The van der Waals surface area contributed by atoms with Gasteiger partial charge in [-0.2, -0.15) is 0 Å². The fraction of sp³-hybridized carbons (Fsp3) is 0.583. The molecule has 0 amide bonds. The van der Waals surface area contributed by atoms with E-state index in [1.54, 1.807) is 0 Å². The summed E-state index contributed by atoms with van der Waals surface area (Å²) in [6, 6.07) is 2.71. The summed E-state index contributed by atoms with van der Waals surface area (Å²) >= 11 is 0. The van der Waals surface area contributed by atoms with E-state index in [2.05, 4.69) is 15.1 Å². The molecule has 2 aliphatic rings. The molecule has 20 heavy (non-hydrogen) atoms. The van der Waals surface area contributed by atoms with Crippen LogP contribution >= 0.6 is 0 Å². The second kappa shape index (κ2) is 5.28. The van der Waals surface area contributed by atoms with Crippen LogP contribution in [0.25, 0.3) is 0 Å². The first-order chi connectivity index (χ1) is 9.60. The van der Waals surface area contributed by atoms with Gasteiger partial charge in [-0.25, -0.2) is 24.0 Å². The second-order valence-electron chi connectivity index (χ2n) is 5.21. The Kier molecular flexibility index (Phi) is 3.63. The zero-order valence-electron chi connectivity index (χ0n) is 11.0. The first-order valence-electron chi connectivity index (χ1n) is 6.67. The smallest absolute Gasteiger partial charge is 0.241 e. The molecule has 2 heterocycles. The normalized spacial score (nSPS) is 26.6. The summed E-state index contributed by atoms with van der Waals surface area (Å²) in [5, 5.41) is 0. The van der Waals surface area contributed by atoms with E-state index in [0.717, 1.165) is 12.8 Å². The number of nitrogens with one attached hydrogen (secondary N) is 2. The minimum atomic E-state index is -3.58. The molecule has 0 radical (unpaired) electrons. The van der Waals surface area contributed by atoms with Crippen molar-refractivity contribution in [3.05, 3.63) is 18.3 Å². The molecule has 1 aromatic rings. The highest BCUT2D eigenvalue weighted by Gasteiger charge is 2.42. The molecule has 0 spiro atoms. The third kappa shape index (κ3) is 2.78. The van der Waals surface area contributed by atoms with Crippen LogP contribution in [0.3, 0.4) is 0 Å². The van der Waals surface area contributed by atoms with Gasteiger partial charge in [-0.15, -0.1) is 0 Å². The molecule has 1 aliphatic heterocycles. The average Bonchev–Trinajstić information content (AvgIpc) is 3.19. The van der Waals surface area contributed by atoms with Gasteiger partial charge in [0.25, 0.3) is 0 Å². The van der Waals surface area contributed by atoms with Gasteiger partial charge in [0.15, 0.2) is 0 Å². The summed E-state index contributed by atoms with van der Waals surface area (Å²) in [5.74, 6) is 6.07. The maximum absolute atomic E-state index is 12.4. The van der Waals surface area contributed by atoms with Crippen molar-refractivity contribution in [2.24, 2.45) is 11.8 Å². The molecule has 110 valence electrons. The summed E-state index contributed by atoms with van der Waals surface area (Å²) in [5.41, 5.74) is 2.34. The van der Waals surface area contributed by atoms with Crippen molar-refractivity contribution in [2.75, 3.05) is 12.0 Å². The predicted molar refractivity (Wildman–Crippen MR) is 73.2 cm³/mol. The number of ether oxygens (including phenoxy) is 1. The van der Waals surface area contributed by atoms with Crippen LogP contribution in [0, 0.1) is 5.92 Å². The quantitative estimate of drug-likeness (QED) is 0.530. The van der Waals surface area contributed by atoms with Gasteiger partial charge < -0.3 is 10.2 Å². The molecule has 1 aromatic heterocycles. The number of aromatic nitrogens is 1. The van der Waals surface area contributed by atoms with Crippen molar-refractivity contribution in [2.45, 2.75) is 36.3 Å². The average molecular weight is 298 g/mol. The number of hydrogen-bond acceptors (Lipinski definition) is 6. The number of sulfonamides is 1.